The molecule has 1 heterocycles. The Balaban J connectivity index is 1.78. The van der Waals surface area contributed by atoms with E-state index >= 15 is 0 Å². The molecule has 30 heavy (non-hydrogen) atoms. The van der Waals surface area contributed by atoms with Gasteiger partial charge in [-0.1, -0.05) is 12.1 Å². The van der Waals surface area contributed by atoms with Gasteiger partial charge in [0.1, 0.15) is 22.9 Å². The molecule has 1 unspecified atom stereocenters. The number of nitrogens with zero attached hydrogens (tertiary/aromatic N) is 1. The predicted molar refractivity (Wildman–Crippen MR) is 104 cm³/mol. The van der Waals surface area contributed by atoms with E-state index in [0.717, 1.165) is 17.8 Å². The van der Waals surface area contributed by atoms with Crippen molar-refractivity contribution in [3.05, 3.63) is 89.1 Å². The minimum absolute atomic E-state index is 0.114. The van der Waals surface area contributed by atoms with Crippen LogP contribution in [0.2, 0.25) is 0 Å². The molecule has 1 aromatic heterocycles. The van der Waals surface area contributed by atoms with E-state index in [-0.39, 0.29) is 17.2 Å². The largest absolute Gasteiger partial charge is 0.465 e. The summed E-state index contributed by atoms with van der Waals surface area (Å²) in [6.45, 7) is 1.73. The van der Waals surface area contributed by atoms with E-state index in [9.17, 15) is 18.4 Å². The fourth-order valence-electron chi connectivity index (χ4n) is 2.67. The summed E-state index contributed by atoms with van der Waals surface area (Å²) >= 11 is 0. The highest BCUT2D eigenvalue weighted by Gasteiger charge is 2.19. The molecule has 0 aliphatic heterocycles. The lowest BCUT2D eigenvalue weighted by Crippen LogP contribution is -2.27. The lowest BCUT2D eigenvalue weighted by Gasteiger charge is -2.16. The van der Waals surface area contributed by atoms with Gasteiger partial charge in [-0.2, -0.15) is 0 Å². The summed E-state index contributed by atoms with van der Waals surface area (Å²) < 4.78 is 37.0. The van der Waals surface area contributed by atoms with E-state index < -0.39 is 29.6 Å². The van der Waals surface area contributed by atoms with Crippen LogP contribution in [0.25, 0.3) is 0 Å². The third kappa shape index (κ3) is 4.96. The Morgan fingerprint density at radius 1 is 1.00 bits per heavy atom. The van der Waals surface area contributed by atoms with Gasteiger partial charge in [-0.3, -0.25) is 4.79 Å². The average Bonchev–Trinajstić information content (AvgIpc) is 2.76. The van der Waals surface area contributed by atoms with Crippen molar-refractivity contribution in [3.8, 4) is 11.6 Å². The number of carbonyl (C=O) groups excluding carboxylic acids is 2. The summed E-state index contributed by atoms with van der Waals surface area (Å²) in [4.78, 5) is 28.1. The minimum atomic E-state index is -0.707. The molecule has 1 amide bonds. The molecule has 0 saturated heterocycles. The number of methoxy groups -OCH3 is 1. The number of esters is 1. The first-order valence-corrected chi connectivity index (χ1v) is 8.95. The molecule has 0 bridgehead atoms. The maximum Gasteiger partial charge on any atom is 0.337 e. The van der Waals surface area contributed by atoms with E-state index in [4.69, 9.17) is 4.74 Å². The summed E-state index contributed by atoms with van der Waals surface area (Å²) in [5.41, 5.74) is 0.989. The van der Waals surface area contributed by atoms with Crippen molar-refractivity contribution in [2.24, 2.45) is 0 Å². The van der Waals surface area contributed by atoms with Gasteiger partial charge in [0.2, 0.25) is 5.88 Å². The fourth-order valence-corrected chi connectivity index (χ4v) is 2.67. The van der Waals surface area contributed by atoms with Gasteiger partial charge in [-0.05, 0) is 55.0 Å². The van der Waals surface area contributed by atoms with Crippen LogP contribution in [0.3, 0.4) is 0 Å². The average molecular weight is 412 g/mol. The van der Waals surface area contributed by atoms with Gasteiger partial charge in [-0.15, -0.1) is 0 Å². The van der Waals surface area contributed by atoms with Crippen molar-refractivity contribution < 1.29 is 27.8 Å². The Hall–Kier alpha value is -3.81. The van der Waals surface area contributed by atoms with Crippen LogP contribution >= 0.6 is 0 Å². The number of benzene rings is 2. The second kappa shape index (κ2) is 9.13. The van der Waals surface area contributed by atoms with Gasteiger partial charge in [0.05, 0.1) is 24.9 Å². The van der Waals surface area contributed by atoms with Crippen LogP contribution < -0.4 is 10.1 Å². The van der Waals surface area contributed by atoms with Gasteiger partial charge >= 0.3 is 5.97 Å². The monoisotopic (exact) mass is 412 g/mol. The molecule has 0 aliphatic carbocycles. The molecule has 2 aromatic carbocycles. The van der Waals surface area contributed by atoms with Crippen LogP contribution in [0.15, 0.2) is 60.8 Å². The number of carbonyl (C=O) groups is 2. The highest BCUT2D eigenvalue weighted by Crippen LogP contribution is 2.25. The summed E-state index contributed by atoms with van der Waals surface area (Å²) in [7, 11) is 1.29. The molecule has 8 heteroatoms. The number of aromatic nitrogens is 1. The minimum Gasteiger partial charge on any atom is -0.465 e. The second-order valence-corrected chi connectivity index (χ2v) is 6.37. The number of pyridine rings is 1. The predicted octanol–water partition coefficient (Wildman–Crippen LogP) is 4.43. The van der Waals surface area contributed by atoms with Crippen LogP contribution in [0.4, 0.5) is 8.78 Å². The Bertz CT molecular complexity index is 1050. The lowest BCUT2D eigenvalue weighted by molar-refractivity contribution is 0.0600. The van der Waals surface area contributed by atoms with Gasteiger partial charge in [-0.25, -0.2) is 18.6 Å². The maximum absolute atomic E-state index is 13.7. The number of hydrogen-bond donors (Lipinski definition) is 1. The Morgan fingerprint density at radius 3 is 2.30 bits per heavy atom. The van der Waals surface area contributed by atoms with Crippen molar-refractivity contribution >= 4 is 11.9 Å². The zero-order valence-corrected chi connectivity index (χ0v) is 16.2. The van der Waals surface area contributed by atoms with Gasteiger partial charge in [0.15, 0.2) is 0 Å². The van der Waals surface area contributed by atoms with Gasteiger partial charge in [0, 0.05) is 0 Å². The molecular weight excluding hydrogens is 394 g/mol. The van der Waals surface area contributed by atoms with Crippen LogP contribution in [-0.2, 0) is 4.74 Å². The van der Waals surface area contributed by atoms with Gasteiger partial charge < -0.3 is 14.8 Å². The third-order valence-corrected chi connectivity index (χ3v) is 4.27. The van der Waals surface area contributed by atoms with Crippen molar-refractivity contribution in [2.75, 3.05) is 7.11 Å². The number of amides is 1. The quantitative estimate of drug-likeness (QED) is 0.606. The summed E-state index contributed by atoms with van der Waals surface area (Å²) in [5, 5.41) is 2.74. The van der Waals surface area contributed by atoms with Crippen molar-refractivity contribution in [2.45, 2.75) is 13.0 Å². The van der Waals surface area contributed by atoms with E-state index in [1.165, 1.54) is 31.4 Å². The zero-order valence-electron chi connectivity index (χ0n) is 16.2. The topological polar surface area (TPSA) is 77.5 Å². The highest BCUT2D eigenvalue weighted by molar-refractivity contribution is 5.96. The lowest BCUT2D eigenvalue weighted by atomic mass is 10.1. The zero-order chi connectivity index (χ0) is 21.7. The van der Waals surface area contributed by atoms with E-state index in [1.54, 1.807) is 31.2 Å². The number of nitrogens with one attached hydrogen (secondary N) is 1. The van der Waals surface area contributed by atoms with E-state index in [1.807, 2.05) is 0 Å². The molecule has 0 saturated carbocycles. The summed E-state index contributed by atoms with van der Waals surface area (Å²) in [5.74, 6) is -2.10. The summed E-state index contributed by atoms with van der Waals surface area (Å²) in [6, 6.07) is 12.2. The van der Waals surface area contributed by atoms with Crippen molar-refractivity contribution in [1.29, 1.82) is 0 Å². The Kier molecular flexibility index (Phi) is 6.36. The van der Waals surface area contributed by atoms with E-state index in [2.05, 4.69) is 15.0 Å². The molecule has 0 spiro atoms. The van der Waals surface area contributed by atoms with Crippen LogP contribution in [-0.4, -0.2) is 24.0 Å². The van der Waals surface area contributed by atoms with Crippen LogP contribution in [0, 0.1) is 11.6 Å². The molecule has 0 fully saturated rings. The SMILES string of the molecule is COC(=O)c1ccc(C(C)NC(=O)c2cc(F)cnc2Oc2ccc(F)cc2)cc1. The first-order valence-electron chi connectivity index (χ1n) is 8.95. The van der Waals surface area contributed by atoms with Gasteiger partial charge in [0.25, 0.3) is 5.91 Å². The number of rotatable bonds is 6. The first-order chi connectivity index (χ1) is 14.4. The number of ether oxygens (including phenoxy) is 2. The second-order valence-electron chi connectivity index (χ2n) is 6.37. The smallest absolute Gasteiger partial charge is 0.337 e. The number of halogens is 2. The molecule has 3 aromatic rings. The fraction of sp³-hybridized carbons (Fsp3) is 0.136. The van der Waals surface area contributed by atoms with Crippen LogP contribution in [0.1, 0.15) is 39.2 Å². The third-order valence-electron chi connectivity index (χ3n) is 4.27. The molecule has 3 rings (SSSR count). The standard InChI is InChI=1S/C22H18F2N2O4/c1-13(14-3-5-15(6-4-14)22(28)29-2)26-20(27)19-11-17(24)12-25-21(19)30-18-9-7-16(23)8-10-18/h3-13H,1-2H3,(H,26,27). The van der Waals surface area contributed by atoms with Crippen molar-refractivity contribution in [3.63, 3.8) is 0 Å². The molecule has 0 radical (unpaired) electrons. The normalized spacial score (nSPS) is 11.5. The molecule has 154 valence electrons. The Labute approximate surface area is 171 Å². The number of hydrogen-bond acceptors (Lipinski definition) is 5. The summed E-state index contributed by atoms with van der Waals surface area (Å²) in [6.07, 6.45) is 0.921. The molecule has 0 aliphatic rings. The molecule has 1 N–H and O–H groups in total. The van der Waals surface area contributed by atoms with Crippen molar-refractivity contribution in [1.82, 2.24) is 10.3 Å². The molecule has 6 nitrogen and oxygen atoms in total. The van der Waals surface area contributed by atoms with Crippen LogP contribution in [0.5, 0.6) is 11.6 Å². The maximum atomic E-state index is 13.7. The molecular formula is C22H18F2N2O4. The Morgan fingerprint density at radius 2 is 1.67 bits per heavy atom. The highest BCUT2D eigenvalue weighted by atomic mass is 19.1. The van der Waals surface area contributed by atoms with E-state index in [0.29, 0.717) is 5.56 Å². The first kappa shape index (κ1) is 20.9. The molecule has 1 atom stereocenters.